The van der Waals surface area contributed by atoms with E-state index in [1.54, 1.807) is 35.6 Å². The maximum absolute atomic E-state index is 12.5. The molecule has 2 atom stereocenters. The highest BCUT2D eigenvalue weighted by Crippen LogP contribution is 2.14. The van der Waals surface area contributed by atoms with Gasteiger partial charge in [-0.15, -0.1) is 10.2 Å². The zero-order chi connectivity index (χ0) is 14.8. The third-order valence-corrected chi connectivity index (χ3v) is 3.38. The van der Waals surface area contributed by atoms with E-state index in [1.807, 2.05) is 18.7 Å². The van der Waals surface area contributed by atoms with Crippen LogP contribution in [0.2, 0.25) is 0 Å². The Bertz CT molecular complexity index is 601. The predicted octanol–water partition coefficient (Wildman–Crippen LogP) is 0.912. The smallest absolute Gasteiger partial charge is 0.255 e. The molecule has 1 saturated heterocycles. The first-order valence-corrected chi connectivity index (χ1v) is 6.89. The van der Waals surface area contributed by atoms with Gasteiger partial charge >= 0.3 is 0 Å². The first-order chi connectivity index (χ1) is 10.1. The lowest BCUT2D eigenvalue weighted by Gasteiger charge is -2.35. The van der Waals surface area contributed by atoms with E-state index in [0.29, 0.717) is 24.5 Å². The molecule has 1 aliphatic rings. The van der Waals surface area contributed by atoms with E-state index in [-0.39, 0.29) is 18.1 Å². The number of aromatic nitrogens is 4. The third kappa shape index (κ3) is 2.92. The molecule has 3 heterocycles. The van der Waals surface area contributed by atoms with Gasteiger partial charge in [0.1, 0.15) is 18.5 Å². The minimum absolute atomic E-state index is 0.0141. The summed E-state index contributed by atoms with van der Waals surface area (Å²) < 4.78 is 7.33. The van der Waals surface area contributed by atoms with Crippen LogP contribution in [0.5, 0.6) is 0 Å². The van der Waals surface area contributed by atoms with Gasteiger partial charge in [0.05, 0.1) is 17.8 Å². The van der Waals surface area contributed by atoms with Crippen molar-refractivity contribution in [1.82, 2.24) is 24.6 Å². The summed E-state index contributed by atoms with van der Waals surface area (Å²) in [7, 11) is 0. The van der Waals surface area contributed by atoms with E-state index in [2.05, 4.69) is 15.2 Å². The van der Waals surface area contributed by atoms with Gasteiger partial charge in [0.2, 0.25) is 0 Å². The van der Waals surface area contributed by atoms with Gasteiger partial charge in [-0.05, 0) is 26.0 Å². The van der Waals surface area contributed by atoms with Gasteiger partial charge in [0.15, 0.2) is 0 Å². The summed E-state index contributed by atoms with van der Waals surface area (Å²) in [5.74, 6) is 0.667. The number of carbonyl (C=O) groups excluding carboxylic acids is 1. The largest absolute Gasteiger partial charge is 0.372 e. The second-order valence-electron chi connectivity index (χ2n) is 5.24. The van der Waals surface area contributed by atoms with Crippen LogP contribution in [-0.2, 0) is 4.74 Å². The van der Waals surface area contributed by atoms with Crippen molar-refractivity contribution in [3.63, 3.8) is 0 Å². The first kappa shape index (κ1) is 13.7. The van der Waals surface area contributed by atoms with Gasteiger partial charge in [-0.2, -0.15) is 0 Å². The summed E-state index contributed by atoms with van der Waals surface area (Å²) in [5.41, 5.74) is 0.577. The van der Waals surface area contributed by atoms with Gasteiger partial charge < -0.3 is 9.64 Å². The van der Waals surface area contributed by atoms with Crippen molar-refractivity contribution in [3.8, 4) is 5.82 Å². The Hall–Kier alpha value is -2.28. The van der Waals surface area contributed by atoms with Crippen LogP contribution < -0.4 is 0 Å². The minimum Gasteiger partial charge on any atom is -0.372 e. The Morgan fingerprint density at radius 1 is 1.19 bits per heavy atom. The lowest BCUT2D eigenvalue weighted by Crippen LogP contribution is -2.48. The third-order valence-electron chi connectivity index (χ3n) is 3.38. The van der Waals surface area contributed by atoms with E-state index in [4.69, 9.17) is 4.74 Å². The van der Waals surface area contributed by atoms with Crippen LogP contribution in [0.15, 0.2) is 31.0 Å². The van der Waals surface area contributed by atoms with Gasteiger partial charge in [-0.25, -0.2) is 4.98 Å². The summed E-state index contributed by atoms with van der Waals surface area (Å²) in [4.78, 5) is 18.6. The van der Waals surface area contributed by atoms with Crippen LogP contribution >= 0.6 is 0 Å². The molecule has 0 N–H and O–H groups in total. The fourth-order valence-corrected chi connectivity index (χ4v) is 2.51. The van der Waals surface area contributed by atoms with E-state index in [0.717, 1.165) is 0 Å². The van der Waals surface area contributed by atoms with Crippen molar-refractivity contribution in [2.24, 2.45) is 0 Å². The van der Waals surface area contributed by atoms with Crippen LogP contribution in [0.4, 0.5) is 0 Å². The maximum Gasteiger partial charge on any atom is 0.255 e. The van der Waals surface area contributed by atoms with Crippen LogP contribution in [-0.4, -0.2) is 55.9 Å². The Morgan fingerprint density at radius 3 is 2.43 bits per heavy atom. The number of carbonyl (C=O) groups is 1. The second kappa shape index (κ2) is 5.61. The van der Waals surface area contributed by atoms with Crippen molar-refractivity contribution in [3.05, 3.63) is 36.5 Å². The highest BCUT2D eigenvalue weighted by atomic mass is 16.5. The normalized spacial score (nSPS) is 22.3. The molecule has 110 valence electrons. The van der Waals surface area contributed by atoms with E-state index < -0.39 is 0 Å². The Balaban J connectivity index is 1.76. The molecule has 1 fully saturated rings. The van der Waals surface area contributed by atoms with Gasteiger partial charge in [0, 0.05) is 19.3 Å². The number of amides is 1. The average Bonchev–Trinajstić information content (AvgIpc) is 3.00. The van der Waals surface area contributed by atoms with E-state index >= 15 is 0 Å². The zero-order valence-electron chi connectivity index (χ0n) is 12.0. The Kier molecular flexibility index (Phi) is 3.66. The minimum atomic E-state index is -0.0141. The second-order valence-corrected chi connectivity index (χ2v) is 5.24. The molecule has 0 bridgehead atoms. The van der Waals surface area contributed by atoms with Gasteiger partial charge in [-0.1, -0.05) is 0 Å². The van der Waals surface area contributed by atoms with E-state index in [1.165, 1.54) is 0 Å². The SMILES string of the molecule is CC1CN(C(=O)c2ccc(-n3cnnc3)nc2)CC(C)O1. The van der Waals surface area contributed by atoms with Crippen LogP contribution in [0.25, 0.3) is 5.82 Å². The molecule has 2 aromatic rings. The van der Waals surface area contributed by atoms with Crippen LogP contribution in [0.3, 0.4) is 0 Å². The lowest BCUT2D eigenvalue weighted by atomic mass is 10.2. The fourth-order valence-electron chi connectivity index (χ4n) is 2.51. The number of morpholine rings is 1. The molecule has 0 saturated carbocycles. The Labute approximate surface area is 122 Å². The number of hydrogen-bond acceptors (Lipinski definition) is 5. The summed E-state index contributed by atoms with van der Waals surface area (Å²) in [6, 6.07) is 3.55. The highest BCUT2D eigenvalue weighted by Gasteiger charge is 2.26. The molecule has 2 aromatic heterocycles. The number of nitrogens with zero attached hydrogens (tertiary/aromatic N) is 5. The highest BCUT2D eigenvalue weighted by molar-refractivity contribution is 5.94. The first-order valence-electron chi connectivity index (χ1n) is 6.89. The number of ether oxygens (including phenoxy) is 1. The van der Waals surface area contributed by atoms with Gasteiger partial charge in [-0.3, -0.25) is 9.36 Å². The molecule has 0 spiro atoms. The monoisotopic (exact) mass is 287 g/mol. The topological polar surface area (TPSA) is 73.1 Å². The number of rotatable bonds is 2. The van der Waals surface area contributed by atoms with Crippen molar-refractivity contribution >= 4 is 5.91 Å². The summed E-state index contributed by atoms with van der Waals surface area (Å²) in [5, 5.41) is 7.46. The molecular formula is C14H17N5O2. The quantitative estimate of drug-likeness (QED) is 0.821. The summed E-state index contributed by atoms with van der Waals surface area (Å²) in [6.45, 7) is 5.17. The predicted molar refractivity (Wildman–Crippen MR) is 75.1 cm³/mol. The lowest BCUT2D eigenvalue weighted by molar-refractivity contribution is -0.0586. The van der Waals surface area contributed by atoms with Crippen LogP contribution in [0.1, 0.15) is 24.2 Å². The molecule has 21 heavy (non-hydrogen) atoms. The Morgan fingerprint density at radius 2 is 1.86 bits per heavy atom. The van der Waals surface area contributed by atoms with Crippen molar-refractivity contribution in [2.45, 2.75) is 26.1 Å². The number of hydrogen-bond donors (Lipinski definition) is 0. The molecule has 2 unspecified atom stereocenters. The molecule has 7 heteroatoms. The van der Waals surface area contributed by atoms with E-state index in [9.17, 15) is 4.79 Å². The maximum atomic E-state index is 12.5. The summed E-state index contributed by atoms with van der Waals surface area (Å²) >= 11 is 0. The summed E-state index contributed by atoms with van der Waals surface area (Å²) in [6.07, 6.45) is 4.83. The molecule has 0 aromatic carbocycles. The molecule has 1 amide bonds. The molecule has 0 aliphatic carbocycles. The van der Waals surface area contributed by atoms with Crippen molar-refractivity contribution < 1.29 is 9.53 Å². The fraction of sp³-hybridized carbons (Fsp3) is 0.429. The molecule has 1 aliphatic heterocycles. The average molecular weight is 287 g/mol. The molecular weight excluding hydrogens is 270 g/mol. The standard InChI is InChI=1S/C14H17N5O2/c1-10-6-18(7-11(2)21-10)14(20)12-3-4-13(15-5-12)19-8-16-17-9-19/h3-5,8-11H,6-7H2,1-2H3. The van der Waals surface area contributed by atoms with Crippen molar-refractivity contribution in [2.75, 3.05) is 13.1 Å². The van der Waals surface area contributed by atoms with Crippen molar-refractivity contribution in [1.29, 1.82) is 0 Å². The molecule has 3 rings (SSSR count). The molecule has 7 nitrogen and oxygen atoms in total. The van der Waals surface area contributed by atoms with Gasteiger partial charge in [0.25, 0.3) is 5.91 Å². The van der Waals surface area contributed by atoms with Crippen LogP contribution in [0, 0.1) is 0 Å². The zero-order valence-corrected chi connectivity index (χ0v) is 12.0. The number of pyridine rings is 1. The molecule has 0 radical (unpaired) electrons.